The smallest absolute Gasteiger partial charge is 0.212 e. The van der Waals surface area contributed by atoms with Crippen molar-refractivity contribution in [3.05, 3.63) is 0 Å². The summed E-state index contributed by atoms with van der Waals surface area (Å²) in [5.74, 6) is 0.276. The molecule has 1 fully saturated rings. The molecule has 6 heteroatoms. The normalized spacial score (nSPS) is 19.9. The molecular formula is C12H25N3O2S. The maximum atomic E-state index is 11.9. The molecule has 0 aromatic rings. The summed E-state index contributed by atoms with van der Waals surface area (Å²) in [7, 11) is -3.35. The van der Waals surface area contributed by atoms with Gasteiger partial charge in [0, 0.05) is 0 Å². The molecule has 0 aliphatic heterocycles. The zero-order valence-corrected chi connectivity index (χ0v) is 12.1. The van der Waals surface area contributed by atoms with Gasteiger partial charge >= 0.3 is 0 Å². The van der Waals surface area contributed by atoms with Crippen molar-refractivity contribution in [3.8, 4) is 0 Å². The number of rotatable bonds is 6. The minimum atomic E-state index is -3.35. The predicted octanol–water partition coefficient (Wildman–Crippen LogP) is 1.45. The Balaban J connectivity index is 2.71. The van der Waals surface area contributed by atoms with Gasteiger partial charge in [0.15, 0.2) is 0 Å². The quantitative estimate of drug-likeness (QED) is 0.505. The number of nitrogens with two attached hydrogens (primary N) is 1. The van der Waals surface area contributed by atoms with E-state index in [1.54, 1.807) is 0 Å². The predicted molar refractivity (Wildman–Crippen MR) is 74.0 cm³/mol. The second-order valence-corrected chi connectivity index (χ2v) is 7.42. The summed E-state index contributed by atoms with van der Waals surface area (Å²) in [6, 6.07) is -0.519. The zero-order valence-electron chi connectivity index (χ0n) is 11.3. The minimum Gasteiger partial charge on any atom is -0.386 e. The largest absolute Gasteiger partial charge is 0.386 e. The Morgan fingerprint density at radius 2 is 1.89 bits per heavy atom. The lowest BCUT2D eigenvalue weighted by molar-refractivity contribution is 0.328. The average Bonchev–Trinajstić information content (AvgIpc) is 2.25. The number of sulfonamides is 1. The summed E-state index contributed by atoms with van der Waals surface area (Å²) < 4.78 is 26.5. The fraction of sp³-hybridized carbons (Fsp3) is 0.917. The Labute approximate surface area is 110 Å². The Bertz CT molecular complexity index is 373. The zero-order chi connectivity index (χ0) is 13.8. The lowest BCUT2D eigenvalue weighted by atomic mass is 9.84. The van der Waals surface area contributed by atoms with E-state index in [2.05, 4.69) is 4.72 Å². The lowest BCUT2D eigenvalue weighted by Gasteiger charge is -2.30. The van der Waals surface area contributed by atoms with E-state index in [4.69, 9.17) is 11.1 Å². The Kier molecular flexibility index (Phi) is 5.59. The van der Waals surface area contributed by atoms with E-state index in [-0.39, 0.29) is 23.4 Å². The molecule has 1 rings (SSSR count). The van der Waals surface area contributed by atoms with Crippen molar-refractivity contribution < 1.29 is 8.42 Å². The second kappa shape index (κ2) is 6.52. The van der Waals surface area contributed by atoms with Gasteiger partial charge in [0.1, 0.15) is 5.84 Å². The van der Waals surface area contributed by atoms with Crippen molar-refractivity contribution in [1.29, 1.82) is 5.41 Å². The summed E-state index contributed by atoms with van der Waals surface area (Å²) in [5, 5.41) is 7.60. The Morgan fingerprint density at radius 3 is 2.33 bits per heavy atom. The van der Waals surface area contributed by atoms with Gasteiger partial charge in [0.05, 0.1) is 11.8 Å². The first-order valence-corrected chi connectivity index (χ1v) is 8.31. The molecule has 1 aliphatic carbocycles. The van der Waals surface area contributed by atoms with Gasteiger partial charge in [-0.2, -0.15) is 0 Å². The highest BCUT2D eigenvalue weighted by Gasteiger charge is 2.29. The van der Waals surface area contributed by atoms with Crippen molar-refractivity contribution in [2.24, 2.45) is 17.6 Å². The van der Waals surface area contributed by atoms with Crippen LogP contribution in [0.5, 0.6) is 0 Å². The highest BCUT2D eigenvalue weighted by Crippen LogP contribution is 2.26. The molecular weight excluding hydrogens is 250 g/mol. The molecule has 1 unspecified atom stereocenters. The topological polar surface area (TPSA) is 96.0 Å². The summed E-state index contributed by atoms with van der Waals surface area (Å²) in [5.41, 5.74) is 5.56. The molecule has 4 N–H and O–H groups in total. The second-order valence-electron chi connectivity index (χ2n) is 5.62. The standard InChI is InChI=1S/C12H25N3O2S/c1-9(2)8-18(16,17)15-11(12(13)14)10-6-4-3-5-7-10/h9-11,15H,3-8H2,1-2H3,(H3,13,14). The molecule has 0 spiro atoms. The molecule has 0 aromatic carbocycles. The first kappa shape index (κ1) is 15.4. The van der Waals surface area contributed by atoms with Crippen LogP contribution in [0.4, 0.5) is 0 Å². The molecule has 0 amide bonds. The Morgan fingerprint density at radius 1 is 1.33 bits per heavy atom. The highest BCUT2D eigenvalue weighted by atomic mass is 32.2. The lowest BCUT2D eigenvalue weighted by Crippen LogP contribution is -2.50. The molecule has 0 heterocycles. The van der Waals surface area contributed by atoms with E-state index in [1.165, 1.54) is 6.42 Å². The van der Waals surface area contributed by atoms with Crippen molar-refractivity contribution in [2.75, 3.05) is 5.75 Å². The van der Waals surface area contributed by atoms with Gasteiger partial charge in [0.25, 0.3) is 0 Å². The molecule has 1 saturated carbocycles. The van der Waals surface area contributed by atoms with Crippen LogP contribution in [0.2, 0.25) is 0 Å². The monoisotopic (exact) mass is 275 g/mol. The molecule has 106 valence electrons. The molecule has 0 saturated heterocycles. The van der Waals surface area contributed by atoms with E-state index in [1.807, 2.05) is 13.8 Å². The first-order valence-electron chi connectivity index (χ1n) is 6.65. The average molecular weight is 275 g/mol. The van der Waals surface area contributed by atoms with E-state index >= 15 is 0 Å². The first-order chi connectivity index (χ1) is 8.32. The van der Waals surface area contributed by atoms with Crippen LogP contribution < -0.4 is 10.5 Å². The third-order valence-electron chi connectivity index (χ3n) is 3.32. The van der Waals surface area contributed by atoms with E-state index in [0.29, 0.717) is 0 Å². The van der Waals surface area contributed by atoms with E-state index in [0.717, 1.165) is 25.7 Å². The van der Waals surface area contributed by atoms with Crippen LogP contribution in [0.3, 0.4) is 0 Å². The van der Waals surface area contributed by atoms with Crippen LogP contribution >= 0.6 is 0 Å². The van der Waals surface area contributed by atoms with Crippen LogP contribution in [0, 0.1) is 17.2 Å². The fourth-order valence-electron chi connectivity index (χ4n) is 2.56. The molecule has 1 aliphatic rings. The minimum absolute atomic E-state index is 0.0609. The van der Waals surface area contributed by atoms with Crippen LogP contribution in [-0.4, -0.2) is 26.0 Å². The SMILES string of the molecule is CC(C)CS(=O)(=O)NC(C(=N)N)C1CCCCC1. The summed E-state index contributed by atoms with van der Waals surface area (Å²) >= 11 is 0. The maximum absolute atomic E-state index is 11.9. The summed E-state index contributed by atoms with van der Waals surface area (Å²) in [6.07, 6.45) is 5.30. The highest BCUT2D eigenvalue weighted by molar-refractivity contribution is 7.89. The van der Waals surface area contributed by atoms with Crippen LogP contribution in [-0.2, 0) is 10.0 Å². The fourth-order valence-corrected chi connectivity index (χ4v) is 4.24. The third kappa shape index (κ3) is 4.94. The van der Waals surface area contributed by atoms with Crippen molar-refractivity contribution in [1.82, 2.24) is 4.72 Å². The number of hydrogen-bond acceptors (Lipinski definition) is 3. The van der Waals surface area contributed by atoms with Gasteiger partial charge < -0.3 is 5.73 Å². The van der Waals surface area contributed by atoms with Crippen molar-refractivity contribution in [3.63, 3.8) is 0 Å². The van der Waals surface area contributed by atoms with E-state index in [9.17, 15) is 8.42 Å². The maximum Gasteiger partial charge on any atom is 0.212 e. The van der Waals surface area contributed by atoms with Gasteiger partial charge in [0.2, 0.25) is 10.0 Å². The van der Waals surface area contributed by atoms with Gasteiger partial charge in [-0.1, -0.05) is 33.1 Å². The Hall–Kier alpha value is -0.620. The summed E-state index contributed by atoms with van der Waals surface area (Å²) in [4.78, 5) is 0. The van der Waals surface area contributed by atoms with Crippen LogP contribution in [0.1, 0.15) is 46.0 Å². The van der Waals surface area contributed by atoms with Gasteiger partial charge in [-0.05, 0) is 24.7 Å². The van der Waals surface area contributed by atoms with Gasteiger partial charge in [-0.15, -0.1) is 0 Å². The molecule has 5 nitrogen and oxygen atoms in total. The van der Waals surface area contributed by atoms with Crippen molar-refractivity contribution >= 4 is 15.9 Å². The number of hydrogen-bond donors (Lipinski definition) is 3. The van der Waals surface area contributed by atoms with E-state index < -0.39 is 16.1 Å². The van der Waals surface area contributed by atoms with Gasteiger partial charge in [-0.25, -0.2) is 13.1 Å². The number of amidine groups is 1. The molecule has 0 radical (unpaired) electrons. The third-order valence-corrected chi connectivity index (χ3v) is 5.03. The molecule has 18 heavy (non-hydrogen) atoms. The molecule has 0 bridgehead atoms. The van der Waals surface area contributed by atoms with Crippen LogP contribution in [0.15, 0.2) is 0 Å². The summed E-state index contributed by atoms with van der Waals surface area (Å²) in [6.45, 7) is 3.73. The van der Waals surface area contributed by atoms with Gasteiger partial charge in [-0.3, -0.25) is 5.41 Å². The number of nitrogens with one attached hydrogen (secondary N) is 2. The molecule has 0 aromatic heterocycles. The van der Waals surface area contributed by atoms with Crippen LogP contribution in [0.25, 0.3) is 0 Å². The van der Waals surface area contributed by atoms with Crippen molar-refractivity contribution in [2.45, 2.75) is 52.0 Å². The molecule has 1 atom stereocenters.